The number of nitrogens with one attached hydrogen (secondary N) is 2. The summed E-state index contributed by atoms with van der Waals surface area (Å²) in [6, 6.07) is 1.79. The SMILES string of the molecule is COCC1(CNC(=O)c2cc(C)oc2C)CCNCC1.Cl. The number of amides is 1. The number of halogens is 1. The average Bonchev–Trinajstić information content (AvgIpc) is 2.77. The minimum atomic E-state index is -0.0617. The quantitative estimate of drug-likeness (QED) is 0.873. The number of furan rings is 1. The molecule has 1 aliphatic heterocycles. The summed E-state index contributed by atoms with van der Waals surface area (Å²) in [5.41, 5.74) is 0.673. The Kier molecular flexibility index (Phi) is 6.71. The highest BCUT2D eigenvalue weighted by Gasteiger charge is 2.32. The van der Waals surface area contributed by atoms with Gasteiger partial charge in [0.05, 0.1) is 12.2 Å². The first-order valence-corrected chi connectivity index (χ1v) is 7.11. The Morgan fingerprint density at radius 3 is 2.62 bits per heavy atom. The molecule has 2 rings (SSSR count). The number of piperidine rings is 1. The maximum Gasteiger partial charge on any atom is 0.254 e. The molecule has 21 heavy (non-hydrogen) atoms. The zero-order valence-electron chi connectivity index (χ0n) is 13.0. The fourth-order valence-electron chi connectivity index (χ4n) is 2.85. The minimum absolute atomic E-state index is 0. The van der Waals surface area contributed by atoms with Crippen LogP contribution >= 0.6 is 12.4 Å². The Bertz CT molecular complexity index is 462. The van der Waals surface area contributed by atoms with Crippen LogP contribution in [0.1, 0.15) is 34.7 Å². The van der Waals surface area contributed by atoms with E-state index >= 15 is 0 Å². The molecule has 0 saturated carbocycles. The van der Waals surface area contributed by atoms with Crippen molar-refractivity contribution < 1.29 is 13.9 Å². The van der Waals surface area contributed by atoms with Crippen LogP contribution in [0.15, 0.2) is 10.5 Å². The molecule has 0 atom stereocenters. The lowest BCUT2D eigenvalue weighted by Crippen LogP contribution is -2.47. The number of aryl methyl sites for hydroxylation is 2. The molecule has 0 radical (unpaired) electrons. The largest absolute Gasteiger partial charge is 0.466 e. The first-order valence-electron chi connectivity index (χ1n) is 7.11. The van der Waals surface area contributed by atoms with Crippen molar-refractivity contribution in [3.05, 3.63) is 23.2 Å². The van der Waals surface area contributed by atoms with E-state index in [1.165, 1.54) is 0 Å². The average molecular weight is 317 g/mol. The van der Waals surface area contributed by atoms with Crippen molar-refractivity contribution >= 4 is 18.3 Å². The third kappa shape index (κ3) is 4.46. The molecule has 1 aliphatic rings. The molecule has 0 aromatic carbocycles. The van der Waals surface area contributed by atoms with E-state index in [2.05, 4.69) is 10.6 Å². The second-order valence-corrected chi connectivity index (χ2v) is 5.69. The zero-order chi connectivity index (χ0) is 14.6. The summed E-state index contributed by atoms with van der Waals surface area (Å²) in [5.74, 6) is 1.38. The molecule has 6 heteroatoms. The van der Waals surface area contributed by atoms with Gasteiger partial charge in [0.1, 0.15) is 11.5 Å². The molecular formula is C15H25ClN2O3. The van der Waals surface area contributed by atoms with Gasteiger partial charge in [0.15, 0.2) is 0 Å². The monoisotopic (exact) mass is 316 g/mol. The van der Waals surface area contributed by atoms with Gasteiger partial charge in [-0.2, -0.15) is 0 Å². The smallest absolute Gasteiger partial charge is 0.254 e. The number of hydrogen-bond donors (Lipinski definition) is 2. The Labute approximate surface area is 132 Å². The van der Waals surface area contributed by atoms with Gasteiger partial charge in [0, 0.05) is 19.1 Å². The molecule has 0 unspecified atom stereocenters. The summed E-state index contributed by atoms with van der Waals surface area (Å²) in [6.45, 7) is 6.94. The highest BCUT2D eigenvalue weighted by Crippen LogP contribution is 2.28. The molecule has 1 fully saturated rings. The molecule has 5 nitrogen and oxygen atoms in total. The van der Waals surface area contributed by atoms with Crippen LogP contribution in [0.4, 0.5) is 0 Å². The highest BCUT2D eigenvalue weighted by atomic mass is 35.5. The number of rotatable bonds is 5. The van der Waals surface area contributed by atoms with Gasteiger partial charge in [-0.05, 0) is 45.8 Å². The topological polar surface area (TPSA) is 63.5 Å². The fourth-order valence-corrected chi connectivity index (χ4v) is 2.85. The van der Waals surface area contributed by atoms with Gasteiger partial charge >= 0.3 is 0 Å². The Balaban J connectivity index is 0.00000220. The fraction of sp³-hybridized carbons (Fsp3) is 0.667. The lowest BCUT2D eigenvalue weighted by molar-refractivity contribution is 0.0511. The number of hydrogen-bond acceptors (Lipinski definition) is 4. The van der Waals surface area contributed by atoms with Crippen LogP contribution in [-0.4, -0.2) is 39.3 Å². The van der Waals surface area contributed by atoms with Gasteiger partial charge in [-0.25, -0.2) is 0 Å². The predicted molar refractivity (Wildman–Crippen MR) is 84.2 cm³/mol. The molecule has 120 valence electrons. The molecule has 1 saturated heterocycles. The van der Waals surface area contributed by atoms with Crippen LogP contribution in [0, 0.1) is 19.3 Å². The van der Waals surface area contributed by atoms with E-state index < -0.39 is 0 Å². The van der Waals surface area contributed by atoms with Crippen molar-refractivity contribution in [3.8, 4) is 0 Å². The molecule has 1 aromatic heterocycles. The summed E-state index contributed by atoms with van der Waals surface area (Å²) in [7, 11) is 1.72. The van der Waals surface area contributed by atoms with Crippen molar-refractivity contribution in [1.29, 1.82) is 0 Å². The lowest BCUT2D eigenvalue weighted by atomic mass is 9.79. The van der Waals surface area contributed by atoms with Gasteiger partial charge in [0.25, 0.3) is 5.91 Å². The second kappa shape index (κ2) is 7.82. The Hall–Kier alpha value is -1.04. The van der Waals surface area contributed by atoms with E-state index in [9.17, 15) is 4.79 Å². The second-order valence-electron chi connectivity index (χ2n) is 5.69. The summed E-state index contributed by atoms with van der Waals surface area (Å²) in [6.07, 6.45) is 2.04. The molecule has 2 heterocycles. The maximum absolute atomic E-state index is 12.2. The van der Waals surface area contributed by atoms with Crippen molar-refractivity contribution in [2.45, 2.75) is 26.7 Å². The first kappa shape index (κ1) is 18.0. The van der Waals surface area contributed by atoms with Crippen molar-refractivity contribution in [1.82, 2.24) is 10.6 Å². The Morgan fingerprint density at radius 2 is 2.10 bits per heavy atom. The van der Waals surface area contributed by atoms with E-state index in [0.717, 1.165) is 31.7 Å². The van der Waals surface area contributed by atoms with Crippen LogP contribution < -0.4 is 10.6 Å². The van der Waals surface area contributed by atoms with Crippen LogP contribution in [0.3, 0.4) is 0 Å². The number of carbonyl (C=O) groups is 1. The van der Waals surface area contributed by atoms with Crippen molar-refractivity contribution in [2.24, 2.45) is 5.41 Å². The summed E-state index contributed by atoms with van der Waals surface area (Å²) >= 11 is 0. The standard InChI is InChI=1S/C15H24N2O3.ClH/c1-11-8-13(12(2)20-11)14(18)17-9-15(10-19-3)4-6-16-7-5-15;/h8,16H,4-7,9-10H2,1-3H3,(H,17,18);1H. The zero-order valence-corrected chi connectivity index (χ0v) is 13.8. The van der Waals surface area contributed by atoms with Gasteiger partial charge in [-0.1, -0.05) is 0 Å². The maximum atomic E-state index is 12.2. The first-order chi connectivity index (χ1) is 9.56. The summed E-state index contributed by atoms with van der Waals surface area (Å²) in [5, 5.41) is 6.39. The van der Waals surface area contributed by atoms with Crippen molar-refractivity contribution in [2.75, 3.05) is 33.4 Å². The van der Waals surface area contributed by atoms with Gasteiger partial charge in [0.2, 0.25) is 0 Å². The third-order valence-electron chi connectivity index (χ3n) is 4.02. The van der Waals surface area contributed by atoms with Gasteiger partial charge < -0.3 is 19.8 Å². The third-order valence-corrected chi connectivity index (χ3v) is 4.02. The van der Waals surface area contributed by atoms with Crippen LogP contribution in [0.5, 0.6) is 0 Å². The molecule has 1 amide bonds. The predicted octanol–water partition coefficient (Wildman–Crippen LogP) is 2.06. The van der Waals surface area contributed by atoms with Crippen LogP contribution in [0.2, 0.25) is 0 Å². The summed E-state index contributed by atoms with van der Waals surface area (Å²) in [4.78, 5) is 12.2. The van der Waals surface area contributed by atoms with E-state index in [0.29, 0.717) is 24.5 Å². The van der Waals surface area contributed by atoms with E-state index in [4.69, 9.17) is 9.15 Å². The molecule has 1 aromatic rings. The summed E-state index contributed by atoms with van der Waals surface area (Å²) < 4.78 is 10.8. The van der Waals surface area contributed by atoms with Gasteiger partial charge in [-0.15, -0.1) is 12.4 Å². The molecule has 0 aliphatic carbocycles. The lowest BCUT2D eigenvalue weighted by Gasteiger charge is -2.37. The number of methoxy groups -OCH3 is 1. The number of carbonyl (C=O) groups excluding carboxylic acids is 1. The normalized spacial score (nSPS) is 17.1. The Morgan fingerprint density at radius 1 is 1.43 bits per heavy atom. The molecule has 0 bridgehead atoms. The van der Waals surface area contributed by atoms with Crippen LogP contribution in [-0.2, 0) is 4.74 Å². The molecule has 0 spiro atoms. The van der Waals surface area contributed by atoms with E-state index in [-0.39, 0.29) is 23.7 Å². The van der Waals surface area contributed by atoms with E-state index in [1.54, 1.807) is 13.2 Å². The van der Waals surface area contributed by atoms with E-state index in [1.807, 2.05) is 13.8 Å². The highest BCUT2D eigenvalue weighted by molar-refractivity contribution is 5.95. The minimum Gasteiger partial charge on any atom is -0.466 e. The van der Waals surface area contributed by atoms with Crippen molar-refractivity contribution in [3.63, 3.8) is 0 Å². The molecular weight excluding hydrogens is 292 g/mol. The van der Waals surface area contributed by atoms with Crippen LogP contribution in [0.25, 0.3) is 0 Å². The molecule has 2 N–H and O–H groups in total. The number of ether oxygens (including phenoxy) is 1. The van der Waals surface area contributed by atoms with Gasteiger partial charge in [-0.3, -0.25) is 4.79 Å².